The van der Waals surface area contributed by atoms with Crippen molar-refractivity contribution in [2.75, 3.05) is 30.4 Å². The van der Waals surface area contributed by atoms with Crippen molar-refractivity contribution in [2.24, 2.45) is 0 Å². The first-order valence-electron chi connectivity index (χ1n) is 8.75. The number of carboxylic acids is 1. The number of ether oxygens (including phenoxy) is 1. The lowest BCUT2D eigenvalue weighted by molar-refractivity contribution is -0.115. The van der Waals surface area contributed by atoms with E-state index in [2.05, 4.69) is 18.5 Å². The summed E-state index contributed by atoms with van der Waals surface area (Å²) in [5.74, 6) is -0.704. The number of rotatable bonds is 10. The molecule has 0 aliphatic rings. The summed E-state index contributed by atoms with van der Waals surface area (Å²) in [6.07, 6.45) is 3.59. The second-order valence-electron chi connectivity index (χ2n) is 6.09. The minimum absolute atomic E-state index is 0.0266. The van der Waals surface area contributed by atoms with Gasteiger partial charge in [0.15, 0.2) is 0 Å². The number of amides is 1. The Kier molecular flexibility index (Phi) is 7.39. The monoisotopic (exact) mass is 380 g/mol. The van der Waals surface area contributed by atoms with Crippen LogP contribution < -0.4 is 15.0 Å². The van der Waals surface area contributed by atoms with E-state index >= 15 is 0 Å². The Balaban J connectivity index is 2.19. The average Bonchev–Trinajstić information content (AvgIpc) is 2.68. The fourth-order valence-corrected chi connectivity index (χ4v) is 2.74. The third-order valence-corrected chi connectivity index (χ3v) is 4.10. The van der Waals surface area contributed by atoms with Crippen molar-refractivity contribution in [3.63, 3.8) is 0 Å². The third-order valence-electron chi connectivity index (χ3n) is 4.10. The first-order valence-corrected chi connectivity index (χ1v) is 8.75. The molecule has 2 N–H and O–H groups in total. The molecule has 0 radical (unpaired) electrons. The second kappa shape index (κ2) is 9.97. The lowest BCUT2D eigenvalue weighted by atomic mass is 10.1. The van der Waals surface area contributed by atoms with Crippen LogP contribution >= 0.6 is 0 Å². The molecule has 0 fully saturated rings. The highest BCUT2D eigenvalue weighted by Crippen LogP contribution is 2.24. The summed E-state index contributed by atoms with van der Waals surface area (Å²) in [7, 11) is 1.57. The number of carboxylic acid groups (broad SMARTS) is 1. The SMILES string of the molecule is C=CCN(CC=C)c1ccc(NC(=O)Cc2ccc(OC)cc2)c(C(=O)O)c1. The van der Waals surface area contributed by atoms with Crippen molar-refractivity contribution in [3.05, 3.63) is 78.9 Å². The fourth-order valence-electron chi connectivity index (χ4n) is 2.74. The average molecular weight is 380 g/mol. The van der Waals surface area contributed by atoms with Crippen LogP contribution in [-0.4, -0.2) is 37.2 Å². The van der Waals surface area contributed by atoms with Gasteiger partial charge in [-0.25, -0.2) is 4.79 Å². The number of benzene rings is 2. The number of nitrogens with one attached hydrogen (secondary N) is 1. The number of carbonyl (C=O) groups excluding carboxylic acids is 1. The Morgan fingerprint density at radius 1 is 1.11 bits per heavy atom. The van der Waals surface area contributed by atoms with Gasteiger partial charge in [-0.2, -0.15) is 0 Å². The Labute approximate surface area is 164 Å². The topological polar surface area (TPSA) is 78.9 Å². The van der Waals surface area contributed by atoms with Gasteiger partial charge in [0, 0.05) is 18.8 Å². The molecule has 0 unspecified atom stereocenters. The van der Waals surface area contributed by atoms with E-state index in [4.69, 9.17) is 4.74 Å². The number of hydrogen-bond acceptors (Lipinski definition) is 4. The van der Waals surface area contributed by atoms with Crippen molar-refractivity contribution in [1.29, 1.82) is 0 Å². The van der Waals surface area contributed by atoms with Gasteiger partial charge < -0.3 is 20.1 Å². The van der Waals surface area contributed by atoms with Crippen LogP contribution in [0.25, 0.3) is 0 Å². The van der Waals surface area contributed by atoms with E-state index in [1.165, 1.54) is 0 Å². The molecule has 0 atom stereocenters. The van der Waals surface area contributed by atoms with Gasteiger partial charge >= 0.3 is 5.97 Å². The molecule has 0 heterocycles. The van der Waals surface area contributed by atoms with Crippen molar-refractivity contribution in [1.82, 2.24) is 0 Å². The van der Waals surface area contributed by atoms with Crippen LogP contribution in [0.4, 0.5) is 11.4 Å². The smallest absolute Gasteiger partial charge is 0.337 e. The Hall–Kier alpha value is -3.54. The number of carbonyl (C=O) groups is 2. The van der Waals surface area contributed by atoms with E-state index in [9.17, 15) is 14.7 Å². The van der Waals surface area contributed by atoms with Gasteiger partial charge in [-0.05, 0) is 35.9 Å². The quantitative estimate of drug-likeness (QED) is 0.614. The van der Waals surface area contributed by atoms with Crippen LogP contribution in [0, 0.1) is 0 Å². The maximum atomic E-state index is 12.4. The van der Waals surface area contributed by atoms with Crippen LogP contribution in [0.2, 0.25) is 0 Å². The molecule has 0 aliphatic carbocycles. The summed E-state index contributed by atoms with van der Waals surface area (Å²) in [5, 5.41) is 12.3. The largest absolute Gasteiger partial charge is 0.497 e. The van der Waals surface area contributed by atoms with E-state index in [0.717, 1.165) is 5.56 Å². The third kappa shape index (κ3) is 5.48. The first-order chi connectivity index (χ1) is 13.5. The standard InChI is InChI=1S/C22H24N2O4/c1-4-12-24(13-5-2)17-8-11-20(19(15-17)22(26)27)23-21(25)14-16-6-9-18(28-3)10-7-16/h4-11,15H,1-2,12-14H2,3H3,(H,23,25)(H,26,27). The first kappa shape index (κ1) is 20.8. The zero-order valence-corrected chi connectivity index (χ0v) is 15.9. The minimum Gasteiger partial charge on any atom is -0.497 e. The summed E-state index contributed by atoms with van der Waals surface area (Å²) < 4.78 is 5.09. The highest BCUT2D eigenvalue weighted by molar-refractivity contribution is 6.01. The number of anilines is 2. The van der Waals surface area contributed by atoms with E-state index in [-0.39, 0.29) is 23.6 Å². The van der Waals surface area contributed by atoms with Crippen molar-refractivity contribution in [3.8, 4) is 5.75 Å². The molecule has 2 aromatic carbocycles. The predicted molar refractivity (Wildman–Crippen MR) is 111 cm³/mol. The van der Waals surface area contributed by atoms with Gasteiger partial charge in [0.05, 0.1) is 24.8 Å². The van der Waals surface area contributed by atoms with Crippen LogP contribution in [0.5, 0.6) is 5.75 Å². The molecular formula is C22H24N2O4. The zero-order chi connectivity index (χ0) is 20.5. The van der Waals surface area contributed by atoms with Crippen molar-refractivity contribution < 1.29 is 19.4 Å². The van der Waals surface area contributed by atoms with Gasteiger partial charge in [-0.3, -0.25) is 4.79 Å². The zero-order valence-electron chi connectivity index (χ0n) is 15.9. The predicted octanol–water partition coefficient (Wildman–Crippen LogP) is 3.75. The highest BCUT2D eigenvalue weighted by Gasteiger charge is 2.15. The Bertz CT molecular complexity index is 849. The van der Waals surface area contributed by atoms with Crippen LogP contribution in [0.1, 0.15) is 15.9 Å². The van der Waals surface area contributed by atoms with Gasteiger partial charge in [0.1, 0.15) is 5.75 Å². The summed E-state index contributed by atoms with van der Waals surface area (Å²) >= 11 is 0. The molecule has 146 valence electrons. The number of nitrogens with zero attached hydrogens (tertiary/aromatic N) is 1. The van der Waals surface area contributed by atoms with E-state index < -0.39 is 5.97 Å². The second-order valence-corrected chi connectivity index (χ2v) is 6.09. The maximum absolute atomic E-state index is 12.4. The van der Waals surface area contributed by atoms with E-state index in [0.29, 0.717) is 24.5 Å². The molecule has 28 heavy (non-hydrogen) atoms. The molecule has 0 aromatic heterocycles. The summed E-state index contributed by atoms with van der Waals surface area (Å²) in [6.45, 7) is 8.53. The number of aromatic carboxylic acids is 1. The maximum Gasteiger partial charge on any atom is 0.337 e. The molecule has 2 rings (SSSR count). The van der Waals surface area contributed by atoms with Gasteiger partial charge in [0.25, 0.3) is 0 Å². The molecule has 1 amide bonds. The number of methoxy groups -OCH3 is 1. The molecular weight excluding hydrogens is 356 g/mol. The molecule has 6 heteroatoms. The van der Waals surface area contributed by atoms with Crippen molar-refractivity contribution >= 4 is 23.3 Å². The fraction of sp³-hybridized carbons (Fsp3) is 0.182. The summed E-state index contributed by atoms with van der Waals surface area (Å²) in [5.41, 5.74) is 1.80. The minimum atomic E-state index is -1.11. The van der Waals surface area contributed by atoms with E-state index in [1.54, 1.807) is 61.7 Å². The summed E-state index contributed by atoms with van der Waals surface area (Å²) in [4.78, 5) is 26.0. The van der Waals surface area contributed by atoms with Crippen LogP contribution in [0.15, 0.2) is 67.8 Å². The van der Waals surface area contributed by atoms with Crippen LogP contribution in [0.3, 0.4) is 0 Å². The highest BCUT2D eigenvalue weighted by atomic mass is 16.5. The molecule has 0 bridgehead atoms. The molecule has 0 spiro atoms. The normalized spacial score (nSPS) is 10.0. The molecule has 0 saturated heterocycles. The lowest BCUT2D eigenvalue weighted by Gasteiger charge is -2.22. The Morgan fingerprint density at radius 3 is 2.29 bits per heavy atom. The summed E-state index contributed by atoms with van der Waals surface area (Å²) in [6, 6.07) is 12.0. The van der Waals surface area contributed by atoms with Crippen molar-refractivity contribution in [2.45, 2.75) is 6.42 Å². The molecule has 0 aliphatic heterocycles. The van der Waals surface area contributed by atoms with E-state index in [1.807, 2.05) is 4.90 Å². The number of hydrogen-bond donors (Lipinski definition) is 2. The lowest BCUT2D eigenvalue weighted by Crippen LogP contribution is -2.24. The van der Waals surface area contributed by atoms with Gasteiger partial charge in [0.2, 0.25) is 5.91 Å². The molecule has 2 aromatic rings. The molecule has 6 nitrogen and oxygen atoms in total. The molecule has 0 saturated carbocycles. The van der Waals surface area contributed by atoms with Crippen LogP contribution in [-0.2, 0) is 11.2 Å². The Morgan fingerprint density at radius 2 is 1.75 bits per heavy atom. The van der Waals surface area contributed by atoms with Gasteiger partial charge in [-0.1, -0.05) is 24.3 Å². The van der Waals surface area contributed by atoms with Gasteiger partial charge in [-0.15, -0.1) is 13.2 Å².